The Morgan fingerprint density at radius 1 is 0.541 bits per heavy atom. The summed E-state index contributed by atoms with van der Waals surface area (Å²) in [5.74, 6) is 0. The van der Waals surface area contributed by atoms with Crippen molar-refractivity contribution in [3.05, 3.63) is 88.7 Å². The van der Waals surface area contributed by atoms with E-state index in [2.05, 4.69) is 114 Å². The maximum Gasteiger partial charge on any atom is 0.0900 e. The van der Waals surface area contributed by atoms with Crippen LogP contribution in [0.5, 0.6) is 0 Å². The Balaban J connectivity index is 1.78. The lowest BCUT2D eigenvalue weighted by molar-refractivity contribution is 0.292. The van der Waals surface area contributed by atoms with E-state index < -0.39 is 0 Å². The summed E-state index contributed by atoms with van der Waals surface area (Å²) < 4.78 is 1.06. The van der Waals surface area contributed by atoms with E-state index in [0.717, 1.165) is 89.0 Å². The Labute approximate surface area is 229 Å². The molecule has 4 rings (SSSR count). The van der Waals surface area contributed by atoms with Gasteiger partial charge in [0, 0.05) is 17.6 Å². The van der Waals surface area contributed by atoms with E-state index in [1.807, 2.05) is 12.1 Å². The molecule has 0 aliphatic heterocycles. The molecule has 37 heavy (non-hydrogen) atoms. The molecule has 0 unspecified atom stereocenters. The Bertz CT molecular complexity index is 1220. The summed E-state index contributed by atoms with van der Waals surface area (Å²) in [6.45, 7) is 14.4. The normalized spacial score (nSPS) is 11.4. The Kier molecular flexibility index (Phi) is 9.56. The summed E-state index contributed by atoms with van der Waals surface area (Å²) in [7, 11) is 0. The van der Waals surface area contributed by atoms with Crippen molar-refractivity contribution < 1.29 is 0 Å². The van der Waals surface area contributed by atoms with Crippen molar-refractivity contribution in [1.82, 2.24) is 24.8 Å². The van der Waals surface area contributed by atoms with Crippen molar-refractivity contribution in [3.8, 4) is 33.9 Å². The van der Waals surface area contributed by atoms with Crippen LogP contribution in [-0.2, 0) is 13.1 Å². The van der Waals surface area contributed by atoms with Gasteiger partial charge in [-0.1, -0.05) is 67.9 Å². The predicted octanol–water partition coefficient (Wildman–Crippen LogP) is 7.32. The van der Waals surface area contributed by atoms with Gasteiger partial charge in [0.05, 0.1) is 34.2 Å². The number of hydrogen-bond donors (Lipinski definition) is 0. The fourth-order valence-electron chi connectivity index (χ4n) is 4.38. The number of halogens is 1. The van der Waals surface area contributed by atoms with Crippen molar-refractivity contribution in [2.45, 2.75) is 40.8 Å². The van der Waals surface area contributed by atoms with Gasteiger partial charge < -0.3 is 0 Å². The third-order valence-corrected chi connectivity index (χ3v) is 7.23. The first-order valence-electron chi connectivity index (χ1n) is 13.2. The van der Waals surface area contributed by atoms with Crippen LogP contribution < -0.4 is 0 Å². The van der Waals surface area contributed by atoms with E-state index in [9.17, 15) is 0 Å². The average molecular weight is 559 g/mol. The third-order valence-electron chi connectivity index (χ3n) is 6.70. The predicted molar refractivity (Wildman–Crippen MR) is 157 cm³/mol. The average Bonchev–Trinajstić information content (AvgIpc) is 2.95. The minimum Gasteiger partial charge on any atom is -0.298 e. The van der Waals surface area contributed by atoms with E-state index in [-0.39, 0.29) is 0 Å². The number of pyridine rings is 3. The molecule has 0 radical (unpaired) electrons. The molecule has 0 fully saturated rings. The largest absolute Gasteiger partial charge is 0.298 e. The number of rotatable bonds is 11. The van der Waals surface area contributed by atoms with Crippen LogP contribution in [0, 0.1) is 0 Å². The molecule has 192 valence electrons. The highest BCUT2D eigenvalue weighted by molar-refractivity contribution is 9.10. The molecule has 0 saturated carbocycles. The van der Waals surface area contributed by atoms with Crippen molar-refractivity contribution in [3.63, 3.8) is 0 Å². The lowest BCUT2D eigenvalue weighted by atomic mass is 10.0. The molecule has 5 nitrogen and oxygen atoms in total. The summed E-state index contributed by atoms with van der Waals surface area (Å²) in [6.07, 6.45) is 0. The zero-order chi connectivity index (χ0) is 26.2. The lowest BCUT2D eigenvalue weighted by Crippen LogP contribution is -2.22. The summed E-state index contributed by atoms with van der Waals surface area (Å²) in [6, 6.07) is 25.1. The van der Waals surface area contributed by atoms with Crippen LogP contribution in [0.25, 0.3) is 33.9 Å². The molecule has 0 aliphatic rings. The van der Waals surface area contributed by atoms with E-state index in [1.165, 1.54) is 0 Å². The van der Waals surface area contributed by atoms with Gasteiger partial charge in [-0.25, -0.2) is 15.0 Å². The molecule has 0 N–H and O–H groups in total. The molecule has 0 atom stereocenters. The van der Waals surface area contributed by atoms with Crippen LogP contribution in [0.2, 0.25) is 0 Å². The molecule has 4 aromatic rings. The molecule has 3 heterocycles. The second-order valence-corrected chi connectivity index (χ2v) is 10.00. The van der Waals surface area contributed by atoms with Crippen molar-refractivity contribution in [2.24, 2.45) is 0 Å². The highest BCUT2D eigenvalue weighted by Crippen LogP contribution is 2.30. The van der Waals surface area contributed by atoms with Gasteiger partial charge in [0.15, 0.2) is 0 Å². The fourth-order valence-corrected chi connectivity index (χ4v) is 4.64. The molecular weight excluding hydrogens is 522 g/mol. The first-order chi connectivity index (χ1) is 18.0. The van der Waals surface area contributed by atoms with Crippen LogP contribution in [0.4, 0.5) is 0 Å². The smallest absolute Gasteiger partial charge is 0.0900 e. The molecule has 0 bridgehead atoms. The summed E-state index contributed by atoms with van der Waals surface area (Å²) in [5, 5.41) is 0. The first kappa shape index (κ1) is 27.1. The summed E-state index contributed by atoms with van der Waals surface area (Å²) >= 11 is 3.56. The van der Waals surface area contributed by atoms with E-state index in [1.54, 1.807) is 0 Å². The topological polar surface area (TPSA) is 45.2 Å². The van der Waals surface area contributed by atoms with Gasteiger partial charge in [0.25, 0.3) is 0 Å². The lowest BCUT2D eigenvalue weighted by Gasteiger charge is -2.18. The SMILES string of the molecule is CCN(CC)Cc1cccc(-c2cc(-c3ccc(Br)cc3)cc(-c3cccc(CN(CC)CC)n3)n2)n1. The fraction of sp³-hybridized carbons (Fsp3) is 0.323. The van der Waals surface area contributed by atoms with Gasteiger partial charge in [-0.15, -0.1) is 0 Å². The number of nitrogens with zero attached hydrogens (tertiary/aromatic N) is 5. The molecule has 1 aromatic carbocycles. The van der Waals surface area contributed by atoms with Crippen LogP contribution >= 0.6 is 15.9 Å². The Hall–Kier alpha value is -2.93. The molecule has 0 aliphatic carbocycles. The molecular formula is C31H36BrN5. The van der Waals surface area contributed by atoms with Crippen molar-refractivity contribution in [1.29, 1.82) is 0 Å². The monoisotopic (exact) mass is 557 g/mol. The molecule has 0 spiro atoms. The first-order valence-corrected chi connectivity index (χ1v) is 14.0. The van der Waals surface area contributed by atoms with Crippen LogP contribution in [0.3, 0.4) is 0 Å². The van der Waals surface area contributed by atoms with Crippen molar-refractivity contribution in [2.75, 3.05) is 26.2 Å². The van der Waals surface area contributed by atoms with E-state index in [4.69, 9.17) is 15.0 Å². The molecule has 0 amide bonds. The van der Waals surface area contributed by atoms with Gasteiger partial charge in [0.1, 0.15) is 0 Å². The van der Waals surface area contributed by atoms with Gasteiger partial charge in [0.2, 0.25) is 0 Å². The van der Waals surface area contributed by atoms with E-state index in [0.29, 0.717) is 0 Å². The van der Waals surface area contributed by atoms with Gasteiger partial charge in [-0.3, -0.25) is 9.80 Å². The van der Waals surface area contributed by atoms with Gasteiger partial charge in [-0.2, -0.15) is 0 Å². The Morgan fingerprint density at radius 2 is 1.00 bits per heavy atom. The number of hydrogen-bond acceptors (Lipinski definition) is 5. The highest BCUT2D eigenvalue weighted by Gasteiger charge is 2.13. The maximum atomic E-state index is 5.08. The second-order valence-electron chi connectivity index (χ2n) is 9.08. The highest BCUT2D eigenvalue weighted by atomic mass is 79.9. The quantitative estimate of drug-likeness (QED) is 0.193. The standard InChI is InChI=1S/C31H36BrN5/c1-5-36(6-2)21-26-11-9-13-28(33-26)30-19-24(23-15-17-25(32)18-16-23)20-31(35-30)29-14-10-12-27(34-29)22-37(7-3)8-4/h9-20H,5-8,21-22H2,1-4H3. The minimum absolute atomic E-state index is 0.828. The van der Waals surface area contributed by atoms with Crippen LogP contribution in [0.15, 0.2) is 77.3 Å². The van der Waals surface area contributed by atoms with Gasteiger partial charge in [-0.05, 0) is 85.8 Å². The van der Waals surface area contributed by atoms with Crippen LogP contribution in [0.1, 0.15) is 39.1 Å². The molecule has 3 aromatic heterocycles. The number of benzene rings is 1. The van der Waals surface area contributed by atoms with Gasteiger partial charge >= 0.3 is 0 Å². The summed E-state index contributed by atoms with van der Waals surface area (Å²) in [4.78, 5) is 19.8. The maximum absolute atomic E-state index is 5.08. The second kappa shape index (κ2) is 13.0. The molecule has 0 saturated heterocycles. The third kappa shape index (κ3) is 7.10. The minimum atomic E-state index is 0.828. The number of aromatic nitrogens is 3. The van der Waals surface area contributed by atoms with Crippen molar-refractivity contribution >= 4 is 15.9 Å². The summed E-state index contributed by atoms with van der Waals surface area (Å²) in [5.41, 5.74) is 7.80. The molecule has 6 heteroatoms. The zero-order valence-corrected chi connectivity index (χ0v) is 23.9. The van der Waals surface area contributed by atoms with E-state index >= 15 is 0 Å². The Morgan fingerprint density at radius 3 is 1.43 bits per heavy atom. The zero-order valence-electron chi connectivity index (χ0n) is 22.3. The van der Waals surface area contributed by atoms with Crippen LogP contribution in [-0.4, -0.2) is 50.9 Å².